The quantitative estimate of drug-likeness (QED) is 0.785. The molecule has 4 rings (SSSR count). The number of rotatable bonds is 2. The van der Waals surface area contributed by atoms with Gasteiger partial charge in [-0.25, -0.2) is 0 Å². The lowest BCUT2D eigenvalue weighted by Crippen LogP contribution is -2.36. The van der Waals surface area contributed by atoms with Crippen LogP contribution in [0.1, 0.15) is 25.7 Å². The van der Waals surface area contributed by atoms with E-state index < -0.39 is 0 Å². The Balaban J connectivity index is 1.46. The lowest BCUT2D eigenvalue weighted by molar-refractivity contribution is -0.134. The van der Waals surface area contributed by atoms with Crippen molar-refractivity contribution in [1.82, 2.24) is 9.88 Å². The third-order valence-electron chi connectivity index (χ3n) is 5.39. The van der Waals surface area contributed by atoms with Crippen LogP contribution in [0.4, 0.5) is 5.69 Å². The van der Waals surface area contributed by atoms with Crippen LogP contribution < -0.4 is 4.90 Å². The Morgan fingerprint density at radius 1 is 1.26 bits per heavy atom. The average molecular weight is 311 g/mol. The molecule has 1 spiro atoms. The first-order valence-corrected chi connectivity index (χ1v) is 8.31. The van der Waals surface area contributed by atoms with E-state index in [-0.39, 0.29) is 23.1 Å². The fraction of sp³-hybridized carbons (Fsp3) is 0.500. The average Bonchev–Trinajstić information content (AvgIpc) is 3.29. The molecule has 0 aromatic carbocycles. The first-order valence-electron chi connectivity index (χ1n) is 8.31. The van der Waals surface area contributed by atoms with Crippen LogP contribution in [0, 0.1) is 11.3 Å². The van der Waals surface area contributed by atoms with Gasteiger partial charge in [0.05, 0.1) is 11.9 Å². The molecule has 2 saturated heterocycles. The number of carbonyl (C=O) groups is 2. The Kier molecular flexibility index (Phi) is 3.43. The van der Waals surface area contributed by atoms with Gasteiger partial charge in [-0.15, -0.1) is 0 Å². The highest BCUT2D eigenvalue weighted by Crippen LogP contribution is 2.42. The normalized spacial score (nSPS) is 27.6. The molecule has 5 nitrogen and oxygen atoms in total. The second kappa shape index (κ2) is 5.48. The lowest BCUT2D eigenvalue weighted by Gasteiger charge is -2.25. The maximum Gasteiger partial charge on any atom is 0.227 e. The first-order chi connectivity index (χ1) is 11.2. The van der Waals surface area contributed by atoms with E-state index in [1.807, 2.05) is 21.9 Å². The van der Waals surface area contributed by atoms with Crippen molar-refractivity contribution in [3.05, 3.63) is 36.7 Å². The van der Waals surface area contributed by atoms with Gasteiger partial charge in [-0.3, -0.25) is 14.6 Å². The molecule has 0 radical (unpaired) electrons. The monoisotopic (exact) mass is 311 g/mol. The highest BCUT2D eigenvalue weighted by atomic mass is 16.2. The topological polar surface area (TPSA) is 53.5 Å². The van der Waals surface area contributed by atoms with Gasteiger partial charge >= 0.3 is 0 Å². The Bertz CT molecular complexity index is 649. The molecule has 120 valence electrons. The van der Waals surface area contributed by atoms with Crippen LogP contribution in [-0.4, -0.2) is 41.3 Å². The summed E-state index contributed by atoms with van der Waals surface area (Å²) in [6.07, 6.45) is 10.8. The van der Waals surface area contributed by atoms with E-state index in [1.54, 1.807) is 12.4 Å². The van der Waals surface area contributed by atoms with Gasteiger partial charge in [-0.2, -0.15) is 0 Å². The molecule has 2 amide bonds. The van der Waals surface area contributed by atoms with Crippen molar-refractivity contribution in [2.45, 2.75) is 25.7 Å². The van der Waals surface area contributed by atoms with E-state index in [2.05, 4.69) is 17.1 Å². The number of likely N-dealkylation sites (tertiary alicyclic amines) is 1. The van der Waals surface area contributed by atoms with Crippen molar-refractivity contribution in [3.8, 4) is 0 Å². The van der Waals surface area contributed by atoms with Crippen LogP contribution in [0.2, 0.25) is 0 Å². The summed E-state index contributed by atoms with van der Waals surface area (Å²) in [7, 11) is 0. The Morgan fingerprint density at radius 2 is 2.09 bits per heavy atom. The minimum atomic E-state index is -0.0748. The van der Waals surface area contributed by atoms with Crippen LogP contribution in [0.3, 0.4) is 0 Å². The minimum absolute atomic E-state index is 0.0748. The van der Waals surface area contributed by atoms with E-state index in [0.29, 0.717) is 19.5 Å². The summed E-state index contributed by atoms with van der Waals surface area (Å²) < 4.78 is 0. The summed E-state index contributed by atoms with van der Waals surface area (Å²) >= 11 is 0. The molecule has 1 atom stereocenters. The summed E-state index contributed by atoms with van der Waals surface area (Å²) in [5.41, 5.74) is 0.786. The van der Waals surface area contributed by atoms with Crippen LogP contribution in [0.5, 0.6) is 0 Å². The number of carbonyl (C=O) groups excluding carboxylic acids is 2. The van der Waals surface area contributed by atoms with E-state index in [1.165, 1.54) is 0 Å². The molecule has 5 heteroatoms. The summed E-state index contributed by atoms with van der Waals surface area (Å²) in [6.45, 7) is 2.19. The molecule has 0 saturated carbocycles. The maximum atomic E-state index is 12.6. The maximum absolute atomic E-state index is 12.6. The number of anilines is 1. The Hall–Kier alpha value is -2.17. The van der Waals surface area contributed by atoms with Crippen LogP contribution in [0.15, 0.2) is 36.7 Å². The van der Waals surface area contributed by atoms with Gasteiger partial charge in [0.1, 0.15) is 0 Å². The highest BCUT2D eigenvalue weighted by molar-refractivity contribution is 5.96. The molecule has 0 unspecified atom stereocenters. The number of pyridine rings is 1. The predicted octanol–water partition coefficient (Wildman–Crippen LogP) is 2.00. The largest absolute Gasteiger partial charge is 0.342 e. The molecule has 0 N–H and O–H groups in total. The van der Waals surface area contributed by atoms with Crippen molar-refractivity contribution < 1.29 is 9.59 Å². The lowest BCUT2D eigenvalue weighted by atomic mass is 9.86. The molecule has 3 aliphatic rings. The molecule has 3 heterocycles. The van der Waals surface area contributed by atoms with Gasteiger partial charge in [0.15, 0.2) is 0 Å². The van der Waals surface area contributed by atoms with E-state index >= 15 is 0 Å². The SMILES string of the molecule is O=C(C1CC=CC1)N1CC[C@@]2(CC(=O)N(c3cccnc3)C2)C1. The fourth-order valence-electron chi connectivity index (χ4n) is 4.12. The van der Waals surface area contributed by atoms with Crippen LogP contribution in [0.25, 0.3) is 0 Å². The van der Waals surface area contributed by atoms with Gasteiger partial charge in [-0.05, 0) is 31.4 Å². The Labute approximate surface area is 136 Å². The van der Waals surface area contributed by atoms with Crippen LogP contribution >= 0.6 is 0 Å². The third kappa shape index (κ3) is 2.54. The van der Waals surface area contributed by atoms with Crippen molar-refractivity contribution in [3.63, 3.8) is 0 Å². The van der Waals surface area contributed by atoms with E-state index in [9.17, 15) is 9.59 Å². The molecule has 23 heavy (non-hydrogen) atoms. The standard InChI is InChI=1S/C18H21N3O2/c22-16-10-18(13-21(16)15-6-3-8-19-11-15)7-9-20(12-18)17(23)14-4-1-2-5-14/h1-3,6,8,11,14H,4-5,7,9-10,12-13H2/t18-/m1/s1. The van der Waals surface area contributed by atoms with Crippen molar-refractivity contribution in [2.24, 2.45) is 11.3 Å². The summed E-state index contributed by atoms with van der Waals surface area (Å²) in [4.78, 5) is 33.0. The Morgan fingerprint density at radius 3 is 2.83 bits per heavy atom. The first kappa shape index (κ1) is 14.4. The molecule has 0 bridgehead atoms. The zero-order valence-electron chi connectivity index (χ0n) is 13.1. The molecule has 2 fully saturated rings. The molecule has 1 aromatic heterocycles. The van der Waals surface area contributed by atoms with Crippen LogP contribution in [-0.2, 0) is 9.59 Å². The zero-order chi connectivity index (χ0) is 15.9. The smallest absolute Gasteiger partial charge is 0.227 e. The molecule has 2 aliphatic heterocycles. The second-order valence-electron chi connectivity index (χ2n) is 7.02. The van der Waals surface area contributed by atoms with Gasteiger partial charge in [-0.1, -0.05) is 12.2 Å². The van der Waals surface area contributed by atoms with E-state index in [0.717, 1.165) is 31.5 Å². The molecular formula is C18H21N3O2. The fourth-order valence-corrected chi connectivity index (χ4v) is 4.12. The number of allylic oxidation sites excluding steroid dienone is 2. The zero-order valence-corrected chi connectivity index (χ0v) is 13.1. The number of amides is 2. The van der Waals surface area contributed by atoms with Gasteiger partial charge in [0.2, 0.25) is 11.8 Å². The minimum Gasteiger partial charge on any atom is -0.342 e. The van der Waals surface area contributed by atoms with Crippen molar-refractivity contribution >= 4 is 17.5 Å². The van der Waals surface area contributed by atoms with E-state index in [4.69, 9.17) is 0 Å². The number of nitrogens with zero attached hydrogens (tertiary/aromatic N) is 3. The van der Waals surface area contributed by atoms with Gasteiger partial charge < -0.3 is 9.80 Å². The summed E-state index contributed by atoms with van der Waals surface area (Å²) in [5, 5.41) is 0. The second-order valence-corrected chi connectivity index (χ2v) is 7.02. The summed E-state index contributed by atoms with van der Waals surface area (Å²) in [5.74, 6) is 0.533. The molecule has 1 aromatic rings. The predicted molar refractivity (Wildman–Crippen MR) is 86.7 cm³/mol. The number of aromatic nitrogens is 1. The summed E-state index contributed by atoms with van der Waals surface area (Å²) in [6, 6.07) is 3.77. The van der Waals surface area contributed by atoms with Gasteiger partial charge in [0.25, 0.3) is 0 Å². The number of hydrogen-bond donors (Lipinski definition) is 0. The third-order valence-corrected chi connectivity index (χ3v) is 5.39. The molecule has 1 aliphatic carbocycles. The number of hydrogen-bond acceptors (Lipinski definition) is 3. The van der Waals surface area contributed by atoms with Crippen molar-refractivity contribution in [2.75, 3.05) is 24.5 Å². The van der Waals surface area contributed by atoms with Gasteiger partial charge in [0, 0.05) is 43.6 Å². The molecular weight excluding hydrogens is 290 g/mol. The van der Waals surface area contributed by atoms with Crippen molar-refractivity contribution in [1.29, 1.82) is 0 Å². The highest BCUT2D eigenvalue weighted by Gasteiger charge is 2.49.